The molecule has 1 saturated heterocycles. The zero-order chi connectivity index (χ0) is 11.8. The van der Waals surface area contributed by atoms with Crippen molar-refractivity contribution < 1.29 is 22.6 Å². The van der Waals surface area contributed by atoms with Gasteiger partial charge in [-0.15, -0.1) is 0 Å². The Bertz CT molecular complexity index is 388. The Balaban J connectivity index is 2.20. The fourth-order valence-corrected chi connectivity index (χ4v) is 1.70. The van der Waals surface area contributed by atoms with Crippen molar-refractivity contribution in [2.24, 2.45) is 0 Å². The molecule has 0 N–H and O–H groups in total. The van der Waals surface area contributed by atoms with E-state index in [4.69, 9.17) is 4.74 Å². The molecule has 1 aromatic carbocycles. The highest BCUT2D eigenvalue weighted by molar-refractivity contribution is 9.10. The average molecular weight is 297 g/mol. The van der Waals surface area contributed by atoms with E-state index in [0.29, 0.717) is 4.47 Å². The fourth-order valence-electron chi connectivity index (χ4n) is 1.32. The van der Waals surface area contributed by atoms with Gasteiger partial charge in [0.15, 0.2) is 0 Å². The number of rotatable bonds is 2. The van der Waals surface area contributed by atoms with Crippen molar-refractivity contribution in [3.05, 3.63) is 28.7 Å². The highest BCUT2D eigenvalue weighted by Gasteiger charge is 2.62. The molecule has 2 rings (SSSR count). The zero-order valence-electron chi connectivity index (χ0n) is 8.05. The molecule has 0 atom stereocenters. The number of hydrogen-bond acceptors (Lipinski definition) is 2. The van der Waals surface area contributed by atoms with E-state index in [2.05, 4.69) is 20.7 Å². The van der Waals surface area contributed by atoms with Crippen LogP contribution in [0.25, 0.3) is 0 Å². The first-order valence-electron chi connectivity index (χ1n) is 4.52. The Hall–Kier alpha value is -0.750. The van der Waals surface area contributed by atoms with Crippen LogP contribution in [0.5, 0.6) is 5.75 Å². The monoisotopic (exact) mass is 296 g/mol. The first kappa shape index (κ1) is 11.7. The molecule has 16 heavy (non-hydrogen) atoms. The summed E-state index contributed by atoms with van der Waals surface area (Å²) in [6, 6.07) is 6.30. The molecule has 1 aromatic rings. The summed E-state index contributed by atoms with van der Waals surface area (Å²) < 4.78 is 48.5. The zero-order valence-corrected chi connectivity index (χ0v) is 9.64. The molecule has 0 unspecified atom stereocenters. The Morgan fingerprint density at radius 1 is 1.31 bits per heavy atom. The topological polar surface area (TPSA) is 18.5 Å². The van der Waals surface area contributed by atoms with Crippen molar-refractivity contribution in [3.63, 3.8) is 0 Å². The number of ether oxygens (including phenoxy) is 2. The minimum absolute atomic E-state index is 0.176. The summed E-state index contributed by atoms with van der Waals surface area (Å²) in [4.78, 5) is 0. The number of hydrogen-bond donors (Lipinski definition) is 0. The van der Waals surface area contributed by atoms with E-state index >= 15 is 0 Å². The van der Waals surface area contributed by atoms with Crippen LogP contribution >= 0.6 is 15.9 Å². The second kappa shape index (κ2) is 3.92. The van der Waals surface area contributed by atoms with Crippen LogP contribution in [0.2, 0.25) is 0 Å². The largest absolute Gasteiger partial charge is 0.473 e. The lowest BCUT2D eigenvalue weighted by atomic mass is 10.0. The molecule has 6 heteroatoms. The van der Waals surface area contributed by atoms with Gasteiger partial charge in [-0.2, -0.15) is 13.2 Å². The van der Waals surface area contributed by atoms with E-state index in [9.17, 15) is 13.2 Å². The summed E-state index contributed by atoms with van der Waals surface area (Å²) in [5, 5.41) is 0. The molecular formula is C10H8BrF3O2. The van der Waals surface area contributed by atoms with Gasteiger partial charge in [-0.25, -0.2) is 0 Å². The van der Waals surface area contributed by atoms with Gasteiger partial charge in [-0.1, -0.05) is 22.0 Å². The smallest absolute Gasteiger partial charge is 0.432 e. The van der Waals surface area contributed by atoms with E-state index in [1.807, 2.05) is 0 Å². The molecule has 88 valence electrons. The molecule has 0 spiro atoms. The van der Waals surface area contributed by atoms with Crippen molar-refractivity contribution in [2.75, 3.05) is 13.2 Å². The van der Waals surface area contributed by atoms with Crippen molar-refractivity contribution in [2.45, 2.75) is 11.8 Å². The first-order chi connectivity index (χ1) is 7.43. The highest BCUT2D eigenvalue weighted by atomic mass is 79.9. The summed E-state index contributed by atoms with van der Waals surface area (Å²) in [5.41, 5.74) is -2.19. The third-order valence-electron chi connectivity index (χ3n) is 2.30. The van der Waals surface area contributed by atoms with E-state index < -0.39 is 25.0 Å². The van der Waals surface area contributed by atoms with Crippen LogP contribution in [0.4, 0.5) is 13.2 Å². The van der Waals surface area contributed by atoms with Crippen LogP contribution in [0.15, 0.2) is 28.7 Å². The van der Waals surface area contributed by atoms with E-state index in [0.717, 1.165) is 0 Å². The Morgan fingerprint density at radius 2 is 2.00 bits per heavy atom. The molecular weight excluding hydrogens is 289 g/mol. The second-order valence-corrected chi connectivity index (χ2v) is 4.46. The van der Waals surface area contributed by atoms with Gasteiger partial charge in [0.2, 0.25) is 5.60 Å². The van der Waals surface area contributed by atoms with Crippen molar-refractivity contribution >= 4 is 15.9 Å². The Morgan fingerprint density at radius 3 is 2.44 bits per heavy atom. The standard InChI is InChI=1S/C10H8BrF3O2/c11-7-2-1-3-8(4-7)16-9(5-15-6-9)10(12,13)14/h1-4H,5-6H2. The molecule has 0 aliphatic carbocycles. The fraction of sp³-hybridized carbons (Fsp3) is 0.400. The molecule has 1 aliphatic heterocycles. The van der Waals surface area contributed by atoms with Crippen LogP contribution in [-0.4, -0.2) is 25.0 Å². The maximum absolute atomic E-state index is 12.7. The molecule has 2 nitrogen and oxygen atoms in total. The van der Waals surface area contributed by atoms with E-state index in [-0.39, 0.29) is 5.75 Å². The molecule has 0 amide bonds. The summed E-state index contributed by atoms with van der Waals surface area (Å²) in [6.07, 6.45) is -4.42. The molecule has 0 saturated carbocycles. The van der Waals surface area contributed by atoms with Crippen molar-refractivity contribution in [1.82, 2.24) is 0 Å². The number of halogens is 4. The summed E-state index contributed by atoms with van der Waals surface area (Å²) in [5.74, 6) is 0.176. The third-order valence-corrected chi connectivity index (χ3v) is 2.79. The van der Waals surface area contributed by atoms with Crippen molar-refractivity contribution in [3.8, 4) is 5.75 Å². The normalized spacial score (nSPS) is 19.0. The Labute approximate surface area is 98.5 Å². The lowest BCUT2D eigenvalue weighted by Crippen LogP contribution is -2.64. The van der Waals surface area contributed by atoms with Crippen LogP contribution in [-0.2, 0) is 4.74 Å². The van der Waals surface area contributed by atoms with Gasteiger partial charge in [-0.3, -0.25) is 0 Å². The molecule has 1 fully saturated rings. The SMILES string of the molecule is FC(F)(F)C1(Oc2cccc(Br)c2)COC1. The minimum Gasteiger partial charge on any atom is -0.473 e. The average Bonchev–Trinajstić information content (AvgIpc) is 2.09. The van der Waals surface area contributed by atoms with Crippen LogP contribution in [0.3, 0.4) is 0 Å². The maximum atomic E-state index is 12.7. The quantitative estimate of drug-likeness (QED) is 0.835. The van der Waals surface area contributed by atoms with Gasteiger partial charge in [-0.05, 0) is 18.2 Å². The third kappa shape index (κ3) is 2.04. The number of benzene rings is 1. The molecule has 0 aromatic heterocycles. The summed E-state index contributed by atoms with van der Waals surface area (Å²) >= 11 is 3.17. The van der Waals surface area contributed by atoms with E-state index in [1.54, 1.807) is 12.1 Å². The molecule has 0 radical (unpaired) electrons. The first-order valence-corrected chi connectivity index (χ1v) is 5.31. The maximum Gasteiger partial charge on any atom is 0.432 e. The van der Waals surface area contributed by atoms with Gasteiger partial charge in [0.25, 0.3) is 0 Å². The molecule has 1 heterocycles. The molecule has 0 bridgehead atoms. The van der Waals surface area contributed by atoms with Crippen molar-refractivity contribution in [1.29, 1.82) is 0 Å². The summed E-state index contributed by atoms with van der Waals surface area (Å²) in [7, 11) is 0. The van der Waals surface area contributed by atoms with Gasteiger partial charge < -0.3 is 9.47 Å². The van der Waals surface area contributed by atoms with Gasteiger partial charge >= 0.3 is 6.18 Å². The van der Waals surface area contributed by atoms with Gasteiger partial charge in [0.05, 0.1) is 13.2 Å². The predicted molar refractivity (Wildman–Crippen MR) is 54.4 cm³/mol. The predicted octanol–water partition coefficient (Wildman–Crippen LogP) is 3.16. The lowest BCUT2D eigenvalue weighted by molar-refractivity contribution is -0.322. The second-order valence-electron chi connectivity index (χ2n) is 3.54. The Kier molecular flexibility index (Phi) is 2.88. The molecule has 1 aliphatic rings. The van der Waals surface area contributed by atoms with E-state index in [1.165, 1.54) is 12.1 Å². The summed E-state index contributed by atoms with van der Waals surface area (Å²) in [6.45, 7) is -0.911. The number of alkyl halides is 3. The van der Waals surface area contributed by atoms with Gasteiger partial charge in [0.1, 0.15) is 5.75 Å². The van der Waals surface area contributed by atoms with Crippen LogP contribution in [0, 0.1) is 0 Å². The van der Waals surface area contributed by atoms with Crippen LogP contribution in [0.1, 0.15) is 0 Å². The van der Waals surface area contributed by atoms with Crippen LogP contribution < -0.4 is 4.74 Å². The van der Waals surface area contributed by atoms with Gasteiger partial charge in [0, 0.05) is 4.47 Å². The minimum atomic E-state index is -4.42. The highest BCUT2D eigenvalue weighted by Crippen LogP contribution is 2.40. The lowest BCUT2D eigenvalue weighted by Gasteiger charge is -2.42.